The van der Waals surface area contributed by atoms with E-state index in [1.54, 1.807) is 20.0 Å². The molecular formula is C11H19N3O3S. The second-order valence-electron chi connectivity index (χ2n) is 4.09. The normalized spacial score (nSPS) is 13.6. The summed E-state index contributed by atoms with van der Waals surface area (Å²) in [7, 11) is -0.433. The van der Waals surface area contributed by atoms with Crippen LogP contribution in [0, 0.1) is 0 Å². The van der Waals surface area contributed by atoms with Gasteiger partial charge in [0.2, 0.25) is 10.0 Å². The second kappa shape index (κ2) is 6.12. The van der Waals surface area contributed by atoms with Crippen molar-refractivity contribution >= 4 is 15.7 Å². The SMILES string of the molecule is CNc1ccncc1S(=O)(=O)N(C)CCC(C)O. The number of sulfonamides is 1. The van der Waals surface area contributed by atoms with Gasteiger partial charge < -0.3 is 10.4 Å². The van der Waals surface area contributed by atoms with Crippen LogP contribution < -0.4 is 5.32 Å². The van der Waals surface area contributed by atoms with Gasteiger partial charge in [0.15, 0.2) is 0 Å². The molecule has 0 saturated heterocycles. The molecule has 7 heteroatoms. The van der Waals surface area contributed by atoms with E-state index in [1.165, 1.54) is 23.7 Å². The number of anilines is 1. The Hall–Kier alpha value is -1.18. The lowest BCUT2D eigenvalue weighted by Gasteiger charge is -2.19. The van der Waals surface area contributed by atoms with Crippen LogP contribution in [0.15, 0.2) is 23.4 Å². The molecule has 0 aliphatic rings. The van der Waals surface area contributed by atoms with Gasteiger partial charge in [-0.15, -0.1) is 0 Å². The van der Waals surface area contributed by atoms with E-state index in [-0.39, 0.29) is 11.4 Å². The number of aliphatic hydroxyl groups excluding tert-OH is 1. The summed E-state index contributed by atoms with van der Waals surface area (Å²) < 4.78 is 25.8. The first kappa shape index (κ1) is 14.9. The summed E-state index contributed by atoms with van der Waals surface area (Å²) in [5.74, 6) is 0. The van der Waals surface area contributed by atoms with Gasteiger partial charge in [-0.3, -0.25) is 4.98 Å². The predicted octanol–water partition coefficient (Wildman–Crippen LogP) is 0.515. The molecule has 18 heavy (non-hydrogen) atoms. The van der Waals surface area contributed by atoms with Crippen LogP contribution in [0.3, 0.4) is 0 Å². The fraction of sp³-hybridized carbons (Fsp3) is 0.545. The first-order chi connectivity index (χ1) is 8.39. The van der Waals surface area contributed by atoms with Gasteiger partial charge in [-0.05, 0) is 19.4 Å². The zero-order valence-corrected chi connectivity index (χ0v) is 11.6. The molecule has 1 atom stereocenters. The highest BCUT2D eigenvalue weighted by Gasteiger charge is 2.23. The maximum absolute atomic E-state index is 12.3. The molecule has 0 spiro atoms. The summed E-state index contributed by atoms with van der Waals surface area (Å²) in [6.07, 6.45) is 2.71. The lowest BCUT2D eigenvalue weighted by atomic mass is 10.3. The average Bonchev–Trinajstić information content (AvgIpc) is 2.35. The molecule has 1 rings (SSSR count). The van der Waals surface area contributed by atoms with Gasteiger partial charge in [-0.1, -0.05) is 0 Å². The third kappa shape index (κ3) is 3.41. The van der Waals surface area contributed by atoms with E-state index < -0.39 is 16.1 Å². The average molecular weight is 273 g/mol. The standard InChI is InChI=1S/C11H19N3O3S/c1-9(15)5-7-14(3)18(16,17)11-8-13-6-4-10(11)12-2/h4,6,8-9,15H,5,7H2,1-3H3,(H,12,13). The van der Waals surface area contributed by atoms with Crippen LogP contribution >= 0.6 is 0 Å². The molecule has 0 radical (unpaired) electrons. The van der Waals surface area contributed by atoms with E-state index in [0.717, 1.165) is 0 Å². The number of nitrogens with one attached hydrogen (secondary N) is 1. The highest BCUT2D eigenvalue weighted by atomic mass is 32.2. The van der Waals surface area contributed by atoms with Crippen molar-refractivity contribution in [1.82, 2.24) is 9.29 Å². The zero-order chi connectivity index (χ0) is 13.8. The Bertz CT molecular complexity index is 488. The van der Waals surface area contributed by atoms with E-state index >= 15 is 0 Å². The first-order valence-electron chi connectivity index (χ1n) is 5.65. The molecule has 2 N–H and O–H groups in total. The van der Waals surface area contributed by atoms with Crippen molar-refractivity contribution in [3.63, 3.8) is 0 Å². The number of pyridine rings is 1. The molecule has 1 unspecified atom stereocenters. The molecule has 0 aromatic carbocycles. The lowest BCUT2D eigenvalue weighted by Crippen LogP contribution is -2.30. The molecule has 6 nitrogen and oxygen atoms in total. The van der Waals surface area contributed by atoms with Gasteiger partial charge in [-0.25, -0.2) is 12.7 Å². The predicted molar refractivity (Wildman–Crippen MR) is 69.9 cm³/mol. The number of aromatic nitrogens is 1. The fourth-order valence-electron chi connectivity index (χ4n) is 1.45. The molecule has 0 saturated carbocycles. The lowest BCUT2D eigenvalue weighted by molar-refractivity contribution is 0.177. The first-order valence-corrected chi connectivity index (χ1v) is 7.09. The molecule has 102 valence electrons. The summed E-state index contributed by atoms with van der Waals surface area (Å²) in [5.41, 5.74) is 0.508. The van der Waals surface area contributed by atoms with Crippen molar-refractivity contribution in [3.05, 3.63) is 18.5 Å². The molecule has 1 aromatic heterocycles. The molecular weight excluding hydrogens is 254 g/mol. The summed E-state index contributed by atoms with van der Waals surface area (Å²) in [6.45, 7) is 1.89. The van der Waals surface area contributed by atoms with Gasteiger partial charge in [0.1, 0.15) is 4.90 Å². The Morgan fingerprint density at radius 2 is 2.22 bits per heavy atom. The molecule has 0 bridgehead atoms. The van der Waals surface area contributed by atoms with Crippen LogP contribution in [-0.2, 0) is 10.0 Å². The Morgan fingerprint density at radius 3 is 2.78 bits per heavy atom. The van der Waals surface area contributed by atoms with Crippen LogP contribution in [-0.4, -0.2) is 49.6 Å². The molecule has 0 aliphatic heterocycles. The minimum atomic E-state index is -3.58. The van der Waals surface area contributed by atoms with E-state index in [0.29, 0.717) is 12.1 Å². The maximum Gasteiger partial charge on any atom is 0.246 e. The van der Waals surface area contributed by atoms with Crippen LogP contribution in [0.25, 0.3) is 0 Å². The van der Waals surface area contributed by atoms with Gasteiger partial charge in [0.25, 0.3) is 0 Å². The second-order valence-corrected chi connectivity index (χ2v) is 6.10. The smallest absolute Gasteiger partial charge is 0.246 e. The van der Waals surface area contributed by atoms with Crippen molar-refractivity contribution in [3.8, 4) is 0 Å². The molecule has 1 aromatic rings. The molecule has 0 aliphatic carbocycles. The highest BCUT2D eigenvalue weighted by Crippen LogP contribution is 2.22. The number of aliphatic hydroxyl groups is 1. The third-order valence-electron chi connectivity index (χ3n) is 2.60. The Kier molecular flexibility index (Phi) is 5.06. The zero-order valence-electron chi connectivity index (χ0n) is 10.8. The maximum atomic E-state index is 12.3. The Labute approximate surface area is 108 Å². The van der Waals surface area contributed by atoms with Gasteiger partial charge in [0, 0.05) is 33.0 Å². The van der Waals surface area contributed by atoms with Gasteiger partial charge >= 0.3 is 0 Å². The fourth-order valence-corrected chi connectivity index (χ4v) is 2.77. The van der Waals surface area contributed by atoms with Crippen molar-refractivity contribution in [2.45, 2.75) is 24.3 Å². The van der Waals surface area contributed by atoms with Crippen LogP contribution in [0.1, 0.15) is 13.3 Å². The molecule has 0 amide bonds. The minimum Gasteiger partial charge on any atom is -0.393 e. The van der Waals surface area contributed by atoms with E-state index in [2.05, 4.69) is 10.3 Å². The quantitative estimate of drug-likeness (QED) is 0.789. The summed E-state index contributed by atoms with van der Waals surface area (Å²) in [5, 5.41) is 12.0. The Balaban J connectivity index is 2.98. The van der Waals surface area contributed by atoms with Crippen molar-refractivity contribution in [2.24, 2.45) is 0 Å². The molecule has 0 fully saturated rings. The van der Waals surface area contributed by atoms with E-state index in [1.807, 2.05) is 0 Å². The van der Waals surface area contributed by atoms with Crippen molar-refractivity contribution in [1.29, 1.82) is 0 Å². The number of hydrogen-bond acceptors (Lipinski definition) is 5. The van der Waals surface area contributed by atoms with Crippen molar-refractivity contribution in [2.75, 3.05) is 26.0 Å². The van der Waals surface area contributed by atoms with E-state index in [4.69, 9.17) is 0 Å². The summed E-state index contributed by atoms with van der Waals surface area (Å²) in [4.78, 5) is 3.98. The van der Waals surface area contributed by atoms with Crippen LogP contribution in [0.2, 0.25) is 0 Å². The third-order valence-corrected chi connectivity index (χ3v) is 4.49. The van der Waals surface area contributed by atoms with Gasteiger partial charge in [0.05, 0.1) is 11.8 Å². The topological polar surface area (TPSA) is 82.5 Å². The largest absolute Gasteiger partial charge is 0.393 e. The Morgan fingerprint density at radius 1 is 1.56 bits per heavy atom. The molecule has 1 heterocycles. The van der Waals surface area contributed by atoms with Crippen molar-refractivity contribution < 1.29 is 13.5 Å². The van der Waals surface area contributed by atoms with Crippen LogP contribution in [0.4, 0.5) is 5.69 Å². The number of rotatable bonds is 6. The monoisotopic (exact) mass is 273 g/mol. The summed E-state index contributed by atoms with van der Waals surface area (Å²) in [6, 6.07) is 1.61. The van der Waals surface area contributed by atoms with E-state index in [9.17, 15) is 13.5 Å². The number of hydrogen-bond donors (Lipinski definition) is 2. The number of nitrogens with zero attached hydrogens (tertiary/aromatic N) is 2. The minimum absolute atomic E-state index is 0.139. The van der Waals surface area contributed by atoms with Gasteiger partial charge in [-0.2, -0.15) is 0 Å². The highest BCUT2D eigenvalue weighted by molar-refractivity contribution is 7.89. The summed E-state index contributed by atoms with van der Waals surface area (Å²) >= 11 is 0. The van der Waals surface area contributed by atoms with Crippen LogP contribution in [0.5, 0.6) is 0 Å².